The molecule has 1 N–H and O–H groups in total. The van der Waals surface area contributed by atoms with Gasteiger partial charge in [0.1, 0.15) is 11.6 Å². The van der Waals surface area contributed by atoms with Crippen molar-refractivity contribution in [2.45, 2.75) is 136 Å². The Labute approximate surface area is 227 Å². The number of nitrogens with one attached hydrogen (secondary N) is 1. The Morgan fingerprint density at radius 1 is 0.946 bits per heavy atom. The fourth-order valence-electron chi connectivity index (χ4n) is 7.35. The van der Waals surface area contributed by atoms with E-state index >= 15 is 0 Å². The number of carbonyl (C=O) groups is 1. The zero-order valence-corrected chi connectivity index (χ0v) is 24.7. The second-order valence-electron chi connectivity index (χ2n) is 12.3. The molecule has 37 heavy (non-hydrogen) atoms. The molecule has 0 aromatic carbocycles. The first-order chi connectivity index (χ1) is 17.7. The van der Waals surface area contributed by atoms with Crippen LogP contribution in [0, 0.1) is 33.6 Å². The molecule has 6 nitrogen and oxygen atoms in total. The number of aromatic nitrogens is 3. The maximum Gasteiger partial charge on any atom is 0.223 e. The van der Waals surface area contributed by atoms with Crippen molar-refractivity contribution in [3.8, 4) is 0 Å². The van der Waals surface area contributed by atoms with Crippen molar-refractivity contribution in [1.82, 2.24) is 25.0 Å². The Balaban J connectivity index is 1.29. The van der Waals surface area contributed by atoms with Crippen LogP contribution < -0.4 is 5.32 Å². The number of fused-ring (bicyclic) bond motifs is 2. The molecule has 2 aromatic heterocycles. The number of hydrogen-bond acceptors (Lipinski definition) is 5. The van der Waals surface area contributed by atoms with Crippen LogP contribution in [-0.2, 0) is 4.79 Å². The maximum atomic E-state index is 13.3. The molecule has 3 fully saturated rings. The number of aryl methyl sites for hydroxylation is 2. The highest BCUT2D eigenvalue weighted by Gasteiger charge is 2.42. The second kappa shape index (κ2) is 11.2. The van der Waals surface area contributed by atoms with Crippen molar-refractivity contribution in [1.29, 1.82) is 0 Å². The number of carbonyl (C=O) groups excluding carboxylic acids is 1. The van der Waals surface area contributed by atoms with Crippen LogP contribution in [0.15, 0.2) is 0 Å². The molecule has 2 bridgehead atoms. The van der Waals surface area contributed by atoms with Gasteiger partial charge in [-0.3, -0.25) is 9.69 Å². The summed E-state index contributed by atoms with van der Waals surface area (Å²) in [6, 6.07) is 1.87. The molecule has 0 radical (unpaired) electrons. The van der Waals surface area contributed by atoms with Gasteiger partial charge in [-0.05, 0) is 83.8 Å². The zero-order valence-electron chi connectivity index (χ0n) is 23.8. The molecule has 4 atom stereocenters. The molecular formula is C30H47N5OS. The van der Waals surface area contributed by atoms with Gasteiger partial charge in [0.2, 0.25) is 5.91 Å². The van der Waals surface area contributed by atoms with Crippen LogP contribution in [0.5, 0.6) is 0 Å². The number of rotatable bonds is 8. The lowest BCUT2D eigenvalue weighted by atomic mass is 9.88. The van der Waals surface area contributed by atoms with E-state index in [2.05, 4.69) is 66.5 Å². The van der Waals surface area contributed by atoms with Crippen LogP contribution in [-0.4, -0.2) is 44.2 Å². The summed E-state index contributed by atoms with van der Waals surface area (Å²) in [5.74, 6) is 3.09. The van der Waals surface area contributed by atoms with Gasteiger partial charge in [-0.1, -0.05) is 33.1 Å². The molecule has 204 valence electrons. The average molecular weight is 526 g/mol. The summed E-state index contributed by atoms with van der Waals surface area (Å²) in [6.07, 6.45) is 11.7. The maximum absolute atomic E-state index is 13.3. The van der Waals surface area contributed by atoms with Gasteiger partial charge in [-0.15, -0.1) is 21.5 Å². The average Bonchev–Trinajstić information content (AvgIpc) is 3.48. The summed E-state index contributed by atoms with van der Waals surface area (Å²) in [4.78, 5) is 18.9. The minimum atomic E-state index is 0.122. The Kier molecular flexibility index (Phi) is 8.11. The third-order valence-corrected chi connectivity index (χ3v) is 11.1. The first-order valence-corrected chi connectivity index (χ1v) is 15.6. The quantitative estimate of drug-likeness (QED) is 0.417. The summed E-state index contributed by atoms with van der Waals surface area (Å²) >= 11 is 1.90. The molecule has 1 saturated carbocycles. The van der Waals surface area contributed by atoms with Crippen LogP contribution in [0.4, 0.5) is 0 Å². The fraction of sp³-hybridized carbons (Fsp3) is 0.767. The van der Waals surface area contributed by atoms with Crippen molar-refractivity contribution in [3.05, 3.63) is 32.5 Å². The molecule has 1 aliphatic carbocycles. The third-order valence-electron chi connectivity index (χ3n) is 9.64. The Morgan fingerprint density at radius 2 is 1.62 bits per heavy atom. The van der Waals surface area contributed by atoms with E-state index in [1.807, 2.05) is 11.3 Å². The number of piperidine rings is 1. The highest BCUT2D eigenvalue weighted by molar-refractivity contribution is 7.12. The molecule has 1 amide bonds. The molecule has 5 rings (SSSR count). The molecular weight excluding hydrogens is 478 g/mol. The van der Waals surface area contributed by atoms with Gasteiger partial charge >= 0.3 is 0 Å². The normalized spacial score (nSPS) is 25.6. The highest BCUT2D eigenvalue weighted by Crippen LogP contribution is 2.43. The lowest BCUT2D eigenvalue weighted by Gasteiger charge is -2.40. The zero-order chi connectivity index (χ0) is 26.3. The fourth-order valence-corrected chi connectivity index (χ4v) is 8.61. The Hall–Kier alpha value is -1.73. The molecule has 3 aliphatic rings. The third kappa shape index (κ3) is 5.40. The second-order valence-corrected chi connectivity index (χ2v) is 13.6. The van der Waals surface area contributed by atoms with Gasteiger partial charge in [-0.25, -0.2) is 0 Å². The number of thiophene rings is 1. The van der Waals surface area contributed by atoms with E-state index in [0.717, 1.165) is 37.5 Å². The van der Waals surface area contributed by atoms with E-state index in [0.29, 0.717) is 30.0 Å². The number of nitrogens with zero attached hydrogens (tertiary/aromatic N) is 4. The SMILES string of the molecule is Cc1sc([C@H](CCN2[C@@H]3CC[C@H]2CC(n2c(C)nnc2C(C)C)C3)NC(=O)C2CCCCC2)c(C)c1C. The highest BCUT2D eigenvalue weighted by atomic mass is 32.1. The van der Waals surface area contributed by atoms with Crippen LogP contribution in [0.1, 0.15) is 129 Å². The van der Waals surface area contributed by atoms with Crippen molar-refractivity contribution in [3.63, 3.8) is 0 Å². The number of amides is 1. The predicted octanol–water partition coefficient (Wildman–Crippen LogP) is 6.69. The molecule has 0 spiro atoms. The summed E-state index contributed by atoms with van der Waals surface area (Å²) < 4.78 is 2.45. The van der Waals surface area contributed by atoms with Crippen LogP contribution in [0.2, 0.25) is 0 Å². The van der Waals surface area contributed by atoms with Crippen LogP contribution in [0.25, 0.3) is 0 Å². The Bertz CT molecular complexity index is 1080. The first kappa shape index (κ1) is 26.9. The summed E-state index contributed by atoms with van der Waals surface area (Å²) in [7, 11) is 0. The van der Waals surface area contributed by atoms with Gasteiger partial charge in [-0.2, -0.15) is 0 Å². The van der Waals surface area contributed by atoms with Crippen molar-refractivity contribution >= 4 is 17.2 Å². The van der Waals surface area contributed by atoms with E-state index in [9.17, 15) is 4.79 Å². The minimum Gasteiger partial charge on any atom is -0.348 e. The van der Waals surface area contributed by atoms with Crippen LogP contribution in [0.3, 0.4) is 0 Å². The summed E-state index contributed by atoms with van der Waals surface area (Å²) in [5, 5.41) is 12.5. The minimum absolute atomic E-state index is 0.122. The summed E-state index contributed by atoms with van der Waals surface area (Å²) in [6.45, 7) is 14.3. The van der Waals surface area contributed by atoms with Gasteiger partial charge in [0.15, 0.2) is 0 Å². The lowest BCUT2D eigenvalue weighted by Crippen LogP contribution is -2.45. The standard InChI is InChI=1S/C30H47N5OS/c1-18(2)29-33-32-22(6)35(29)26-16-24-12-13-25(17-26)34(24)15-14-27(28-20(4)19(3)21(5)37-28)31-30(36)23-10-8-7-9-11-23/h18,23-27H,7-17H2,1-6H3,(H,31,36)/t24-,25+,26?,27-/m0/s1. The van der Waals surface area contributed by atoms with Gasteiger partial charge in [0, 0.05) is 46.3 Å². The smallest absolute Gasteiger partial charge is 0.223 e. The molecule has 2 aliphatic heterocycles. The molecule has 2 saturated heterocycles. The monoisotopic (exact) mass is 525 g/mol. The van der Waals surface area contributed by atoms with Crippen molar-refractivity contribution < 1.29 is 4.79 Å². The molecule has 7 heteroatoms. The largest absolute Gasteiger partial charge is 0.348 e. The van der Waals surface area contributed by atoms with E-state index in [4.69, 9.17) is 0 Å². The summed E-state index contributed by atoms with van der Waals surface area (Å²) in [5.41, 5.74) is 2.77. The van der Waals surface area contributed by atoms with Gasteiger partial charge < -0.3 is 9.88 Å². The van der Waals surface area contributed by atoms with E-state index in [1.54, 1.807) is 0 Å². The van der Waals surface area contributed by atoms with Gasteiger partial charge in [0.25, 0.3) is 0 Å². The van der Waals surface area contributed by atoms with E-state index in [-0.39, 0.29) is 12.0 Å². The van der Waals surface area contributed by atoms with Crippen molar-refractivity contribution in [2.75, 3.05) is 6.54 Å². The molecule has 4 heterocycles. The van der Waals surface area contributed by atoms with E-state index < -0.39 is 0 Å². The van der Waals surface area contributed by atoms with Gasteiger partial charge in [0.05, 0.1) is 6.04 Å². The topological polar surface area (TPSA) is 63.1 Å². The van der Waals surface area contributed by atoms with Crippen LogP contribution >= 0.6 is 11.3 Å². The predicted molar refractivity (Wildman–Crippen MR) is 151 cm³/mol. The number of hydrogen-bond donors (Lipinski definition) is 1. The molecule has 1 unspecified atom stereocenters. The molecule has 2 aromatic rings. The van der Waals surface area contributed by atoms with E-state index in [1.165, 1.54) is 65.8 Å². The van der Waals surface area contributed by atoms with Crippen molar-refractivity contribution in [2.24, 2.45) is 5.92 Å². The Morgan fingerprint density at radius 3 is 2.22 bits per heavy atom. The lowest BCUT2D eigenvalue weighted by molar-refractivity contribution is -0.126. The first-order valence-electron chi connectivity index (χ1n) is 14.8.